The van der Waals surface area contributed by atoms with Gasteiger partial charge in [-0.05, 0) is 29.1 Å². The molecule has 0 radical (unpaired) electrons. The maximum absolute atomic E-state index is 13.6. The van der Waals surface area contributed by atoms with Crippen LogP contribution < -0.4 is 10.2 Å². The number of nitrogens with zero attached hydrogens (tertiary/aromatic N) is 4. The molecule has 0 saturated carbocycles. The van der Waals surface area contributed by atoms with Gasteiger partial charge >= 0.3 is 0 Å². The van der Waals surface area contributed by atoms with E-state index >= 15 is 0 Å². The molecule has 3 heterocycles. The Morgan fingerprint density at radius 2 is 1.69 bits per heavy atom. The molecule has 6 rings (SSSR count). The van der Waals surface area contributed by atoms with Gasteiger partial charge in [0.25, 0.3) is 0 Å². The van der Waals surface area contributed by atoms with Gasteiger partial charge in [0.1, 0.15) is 5.01 Å². The van der Waals surface area contributed by atoms with Crippen LogP contribution in [0.5, 0.6) is 0 Å². The van der Waals surface area contributed by atoms with Gasteiger partial charge in [0.15, 0.2) is 5.43 Å². The zero-order valence-electron chi connectivity index (χ0n) is 20.9. The van der Waals surface area contributed by atoms with E-state index in [2.05, 4.69) is 19.8 Å². The van der Waals surface area contributed by atoms with E-state index in [9.17, 15) is 13.2 Å². The third kappa shape index (κ3) is 5.35. The van der Waals surface area contributed by atoms with Gasteiger partial charge in [-0.1, -0.05) is 48.5 Å². The molecule has 0 unspecified atom stereocenters. The highest BCUT2D eigenvalue weighted by atomic mass is 32.2. The number of fused-ring (bicyclic) bond motifs is 2. The van der Waals surface area contributed by atoms with Gasteiger partial charge in [-0.3, -0.25) is 14.5 Å². The predicted octanol–water partition coefficient (Wildman–Crippen LogP) is 4.89. The first kappa shape index (κ1) is 25.1. The highest BCUT2D eigenvalue weighted by Crippen LogP contribution is 2.25. The quantitative estimate of drug-likeness (QED) is 0.302. The summed E-state index contributed by atoms with van der Waals surface area (Å²) in [6, 6.07) is 20.4. The van der Waals surface area contributed by atoms with Crippen LogP contribution in [0.1, 0.15) is 10.4 Å². The zero-order chi connectivity index (χ0) is 27.0. The van der Waals surface area contributed by atoms with Crippen molar-refractivity contribution in [1.82, 2.24) is 24.5 Å². The van der Waals surface area contributed by atoms with Crippen molar-refractivity contribution in [3.05, 3.63) is 112 Å². The molecule has 3 aromatic carbocycles. The highest BCUT2D eigenvalue weighted by molar-refractivity contribution is 7.88. The Balaban J connectivity index is 1.26. The van der Waals surface area contributed by atoms with Crippen molar-refractivity contribution in [2.45, 2.75) is 12.3 Å². The number of pyridine rings is 1. The molecule has 1 N–H and O–H groups in total. The molecule has 0 fully saturated rings. The average molecular weight is 554 g/mol. The van der Waals surface area contributed by atoms with Gasteiger partial charge in [-0.2, -0.15) is 5.10 Å². The molecule has 0 aliphatic heterocycles. The summed E-state index contributed by atoms with van der Waals surface area (Å²) in [6.07, 6.45) is 6.99. The fourth-order valence-corrected chi connectivity index (χ4v) is 6.47. The van der Waals surface area contributed by atoms with Gasteiger partial charge in [0.2, 0.25) is 10.0 Å². The average Bonchev–Trinajstić information content (AvgIpc) is 3.57. The Morgan fingerprint density at radius 3 is 2.49 bits per heavy atom. The second-order valence-electron chi connectivity index (χ2n) is 9.22. The SMILES string of the molecule is Cn1cc(-c2cnc3ccc4ccc(CS(=O)(=O)NCc5cnc(-c6ccccc6)s5)cc4c(=O)c3c2)cn1. The molecule has 0 amide bonds. The first-order valence-corrected chi connectivity index (χ1v) is 14.6. The Morgan fingerprint density at radius 1 is 0.872 bits per heavy atom. The molecule has 6 aromatic rings. The largest absolute Gasteiger partial charge is 0.289 e. The van der Waals surface area contributed by atoms with Gasteiger partial charge < -0.3 is 0 Å². The van der Waals surface area contributed by atoms with E-state index < -0.39 is 10.0 Å². The molecular formula is C29H23N5O3S2. The summed E-state index contributed by atoms with van der Waals surface area (Å²) in [6.45, 7) is 0.148. The van der Waals surface area contributed by atoms with E-state index in [1.165, 1.54) is 11.3 Å². The van der Waals surface area contributed by atoms with E-state index in [1.807, 2.05) is 61.8 Å². The molecule has 8 nitrogen and oxygen atoms in total. The Hall–Kier alpha value is -4.25. The van der Waals surface area contributed by atoms with E-state index in [4.69, 9.17) is 0 Å². The number of hydrogen-bond acceptors (Lipinski definition) is 7. The predicted molar refractivity (Wildman–Crippen MR) is 155 cm³/mol. The van der Waals surface area contributed by atoms with Crippen molar-refractivity contribution < 1.29 is 8.42 Å². The molecule has 39 heavy (non-hydrogen) atoms. The lowest BCUT2D eigenvalue weighted by atomic mass is 10.1. The number of aromatic nitrogens is 4. The lowest BCUT2D eigenvalue weighted by molar-refractivity contribution is 0.581. The molecule has 0 aliphatic rings. The summed E-state index contributed by atoms with van der Waals surface area (Å²) in [5, 5.41) is 6.65. The van der Waals surface area contributed by atoms with Crippen molar-refractivity contribution >= 4 is 43.0 Å². The molecular weight excluding hydrogens is 530 g/mol. The van der Waals surface area contributed by atoms with E-state index in [0.29, 0.717) is 27.2 Å². The smallest absolute Gasteiger partial charge is 0.216 e. The first-order chi connectivity index (χ1) is 18.8. The first-order valence-electron chi connectivity index (χ1n) is 12.2. The van der Waals surface area contributed by atoms with Crippen LogP contribution in [0.3, 0.4) is 0 Å². The monoisotopic (exact) mass is 553 g/mol. The summed E-state index contributed by atoms with van der Waals surface area (Å²) >= 11 is 1.45. The summed E-state index contributed by atoms with van der Waals surface area (Å²) in [5.41, 5.74) is 3.53. The van der Waals surface area contributed by atoms with Crippen LogP contribution in [0.4, 0.5) is 0 Å². The fourth-order valence-electron chi connectivity index (χ4n) is 4.42. The summed E-state index contributed by atoms with van der Waals surface area (Å²) in [7, 11) is -1.84. The number of sulfonamides is 1. The van der Waals surface area contributed by atoms with Crippen molar-refractivity contribution in [1.29, 1.82) is 0 Å². The molecule has 3 aromatic heterocycles. The van der Waals surface area contributed by atoms with Crippen LogP contribution in [0.25, 0.3) is 43.4 Å². The van der Waals surface area contributed by atoms with Gasteiger partial charge in [-0.25, -0.2) is 18.1 Å². The maximum Gasteiger partial charge on any atom is 0.216 e. The number of benzene rings is 2. The molecule has 0 spiro atoms. The van der Waals surface area contributed by atoms with Crippen LogP contribution in [0.2, 0.25) is 0 Å². The standard InChI is InChI=1S/C29H23N5O3S2/c1-34-17-23(14-32-34)22-12-26-27(30-13-22)10-9-20-8-7-19(11-25(20)28(26)35)18-39(36,37)33-16-24-15-31-29(38-24)21-5-3-2-4-6-21/h2-15,17,33H,16,18H2,1H3. The molecule has 0 aliphatic carbocycles. The molecule has 194 valence electrons. The third-order valence-electron chi connectivity index (χ3n) is 6.38. The normalized spacial score (nSPS) is 11.8. The van der Waals surface area contributed by atoms with E-state index in [-0.39, 0.29) is 17.7 Å². The molecule has 0 saturated heterocycles. The third-order valence-corrected chi connectivity index (χ3v) is 8.73. The van der Waals surface area contributed by atoms with Crippen molar-refractivity contribution in [2.75, 3.05) is 0 Å². The molecule has 0 bridgehead atoms. The molecule has 10 heteroatoms. The second-order valence-corrected chi connectivity index (χ2v) is 12.1. The van der Waals surface area contributed by atoms with E-state index in [0.717, 1.165) is 26.6 Å². The fraction of sp³-hybridized carbons (Fsp3) is 0.103. The van der Waals surface area contributed by atoms with Crippen LogP contribution in [-0.4, -0.2) is 28.2 Å². The number of hydrogen-bond donors (Lipinski definition) is 1. The summed E-state index contributed by atoms with van der Waals surface area (Å²) in [5.74, 6) is -0.248. The second kappa shape index (κ2) is 10.1. The number of nitrogens with one attached hydrogen (secondary N) is 1. The Bertz CT molecular complexity index is 2000. The minimum atomic E-state index is -3.66. The van der Waals surface area contributed by atoms with E-state index in [1.54, 1.807) is 41.5 Å². The Kier molecular flexibility index (Phi) is 6.51. The van der Waals surface area contributed by atoms with Crippen LogP contribution in [0.15, 0.2) is 96.3 Å². The van der Waals surface area contributed by atoms with Crippen LogP contribution in [-0.2, 0) is 29.4 Å². The Labute approximate surface area is 228 Å². The topological polar surface area (TPSA) is 107 Å². The van der Waals surface area contributed by atoms with Crippen LogP contribution in [0, 0.1) is 0 Å². The summed E-state index contributed by atoms with van der Waals surface area (Å²) < 4.78 is 30.2. The number of thiazole rings is 1. The zero-order valence-corrected chi connectivity index (χ0v) is 22.5. The number of rotatable bonds is 7. The lowest BCUT2D eigenvalue weighted by Crippen LogP contribution is -2.24. The van der Waals surface area contributed by atoms with Gasteiger partial charge in [0.05, 0.1) is 17.5 Å². The van der Waals surface area contributed by atoms with Crippen LogP contribution >= 0.6 is 11.3 Å². The van der Waals surface area contributed by atoms with Crippen molar-refractivity contribution in [3.8, 4) is 21.7 Å². The summed E-state index contributed by atoms with van der Waals surface area (Å²) in [4.78, 5) is 23.3. The number of aryl methyl sites for hydroxylation is 1. The van der Waals surface area contributed by atoms with Gasteiger partial charge in [-0.15, -0.1) is 11.3 Å². The van der Waals surface area contributed by atoms with Crippen molar-refractivity contribution in [3.63, 3.8) is 0 Å². The molecule has 0 atom stereocenters. The van der Waals surface area contributed by atoms with Gasteiger partial charge in [0, 0.05) is 64.5 Å². The lowest BCUT2D eigenvalue weighted by Gasteiger charge is -2.06. The minimum Gasteiger partial charge on any atom is -0.289 e. The highest BCUT2D eigenvalue weighted by Gasteiger charge is 2.15. The minimum absolute atomic E-state index is 0.148. The van der Waals surface area contributed by atoms with Crippen molar-refractivity contribution in [2.24, 2.45) is 7.05 Å². The maximum atomic E-state index is 13.6.